The Kier molecular flexibility index (Phi) is 8.33. The van der Waals surface area contributed by atoms with E-state index in [2.05, 4.69) is 28.4 Å². The van der Waals surface area contributed by atoms with Crippen LogP contribution in [0.15, 0.2) is 42.7 Å². The maximum atomic E-state index is 10.4. The van der Waals surface area contributed by atoms with Crippen LogP contribution in [0.5, 0.6) is 5.75 Å². The number of aliphatic hydroxyl groups is 1. The van der Waals surface area contributed by atoms with Crippen LogP contribution in [0, 0.1) is 0 Å². The lowest BCUT2D eigenvalue weighted by Crippen LogP contribution is -2.40. The van der Waals surface area contributed by atoms with E-state index in [4.69, 9.17) is 4.74 Å². The molecule has 2 aromatic rings. The molecule has 1 aromatic heterocycles. The zero-order chi connectivity index (χ0) is 19.6. The molecule has 2 N–H and O–H groups in total. The van der Waals surface area contributed by atoms with E-state index in [-0.39, 0.29) is 0 Å². The second-order valence-electron chi connectivity index (χ2n) is 7.79. The van der Waals surface area contributed by atoms with Gasteiger partial charge in [-0.15, -0.1) is 0 Å². The van der Waals surface area contributed by atoms with Crippen molar-refractivity contribution >= 4 is 0 Å². The maximum Gasteiger partial charge on any atom is 0.119 e. The van der Waals surface area contributed by atoms with E-state index in [1.807, 2.05) is 35.1 Å². The minimum absolute atomic E-state index is 0.327. The Labute approximate surface area is 168 Å². The van der Waals surface area contributed by atoms with Crippen LogP contribution < -0.4 is 10.1 Å². The summed E-state index contributed by atoms with van der Waals surface area (Å²) in [5, 5.41) is 18.0. The van der Waals surface area contributed by atoms with Gasteiger partial charge in [-0.1, -0.05) is 31.4 Å². The van der Waals surface area contributed by atoms with Crippen molar-refractivity contribution in [2.45, 2.75) is 57.3 Å². The number of hydrogen-bond acceptors (Lipinski definition) is 5. The summed E-state index contributed by atoms with van der Waals surface area (Å²) in [6.45, 7) is 3.49. The minimum atomic E-state index is -0.470. The van der Waals surface area contributed by atoms with Crippen LogP contribution in [0.4, 0.5) is 0 Å². The van der Waals surface area contributed by atoms with Gasteiger partial charge in [-0.2, -0.15) is 5.10 Å². The number of nitrogens with zero attached hydrogens (tertiary/aromatic N) is 3. The number of aromatic nitrogens is 2. The molecule has 6 nitrogen and oxygen atoms in total. The first kappa shape index (κ1) is 20.8. The van der Waals surface area contributed by atoms with Gasteiger partial charge in [-0.05, 0) is 43.7 Å². The van der Waals surface area contributed by atoms with Crippen molar-refractivity contribution in [1.82, 2.24) is 20.0 Å². The Hall–Kier alpha value is -1.89. The lowest BCUT2D eigenvalue weighted by Gasteiger charge is -2.32. The average molecular weight is 387 g/mol. The van der Waals surface area contributed by atoms with Crippen molar-refractivity contribution < 1.29 is 9.84 Å². The molecule has 1 aliphatic rings. The summed E-state index contributed by atoms with van der Waals surface area (Å²) < 4.78 is 7.76. The standard InChI is InChI=1S/C22H34N4O2/c1-25(20-8-3-2-4-9-20)17-21(27)18-28-22-10-5-7-19(15-22)16-23-12-14-26-13-6-11-24-26/h5-7,10-11,13,15,20-21,23,27H,2-4,8-9,12,14,16-18H2,1H3/t21-/m0/s1. The van der Waals surface area contributed by atoms with E-state index in [1.165, 1.54) is 37.7 Å². The molecule has 0 aliphatic heterocycles. The maximum absolute atomic E-state index is 10.4. The predicted octanol–water partition coefficient (Wildman–Crippen LogP) is 2.68. The van der Waals surface area contributed by atoms with Gasteiger partial charge in [0.1, 0.15) is 18.5 Å². The third-order valence-corrected chi connectivity index (χ3v) is 5.44. The largest absolute Gasteiger partial charge is 0.491 e. The van der Waals surface area contributed by atoms with E-state index in [0.717, 1.165) is 25.4 Å². The fourth-order valence-corrected chi connectivity index (χ4v) is 3.85. The van der Waals surface area contributed by atoms with Gasteiger partial charge >= 0.3 is 0 Å². The molecule has 28 heavy (non-hydrogen) atoms. The van der Waals surface area contributed by atoms with Gasteiger partial charge in [0.2, 0.25) is 0 Å². The molecule has 0 bridgehead atoms. The fourth-order valence-electron chi connectivity index (χ4n) is 3.85. The molecule has 154 valence electrons. The van der Waals surface area contributed by atoms with E-state index in [1.54, 1.807) is 6.20 Å². The number of nitrogens with one attached hydrogen (secondary N) is 1. The highest BCUT2D eigenvalue weighted by Gasteiger charge is 2.20. The molecule has 0 spiro atoms. The molecule has 1 fully saturated rings. The number of hydrogen-bond donors (Lipinski definition) is 2. The van der Waals surface area contributed by atoms with Crippen LogP contribution in [-0.4, -0.2) is 58.7 Å². The summed E-state index contributed by atoms with van der Waals surface area (Å²) in [6.07, 6.45) is 9.76. The number of aliphatic hydroxyl groups excluding tert-OH is 1. The summed E-state index contributed by atoms with van der Waals surface area (Å²) in [5.74, 6) is 0.811. The Morgan fingerprint density at radius 3 is 2.93 bits per heavy atom. The predicted molar refractivity (Wildman–Crippen MR) is 111 cm³/mol. The molecule has 1 saturated carbocycles. The van der Waals surface area contributed by atoms with E-state index >= 15 is 0 Å². The third-order valence-electron chi connectivity index (χ3n) is 5.44. The summed E-state index contributed by atoms with van der Waals surface area (Å²) in [4.78, 5) is 2.30. The molecule has 6 heteroatoms. The first-order chi connectivity index (χ1) is 13.7. The molecule has 0 unspecified atom stereocenters. The van der Waals surface area contributed by atoms with Crippen molar-refractivity contribution in [2.24, 2.45) is 0 Å². The number of benzene rings is 1. The van der Waals surface area contributed by atoms with Gasteiger partial charge in [0, 0.05) is 38.1 Å². The molecule has 1 atom stereocenters. The Morgan fingerprint density at radius 1 is 1.29 bits per heavy atom. The van der Waals surface area contributed by atoms with Crippen molar-refractivity contribution in [1.29, 1.82) is 0 Å². The number of ether oxygens (including phenoxy) is 1. The molecule has 1 aromatic carbocycles. The Morgan fingerprint density at radius 2 is 2.14 bits per heavy atom. The van der Waals surface area contributed by atoms with Gasteiger partial charge in [-0.25, -0.2) is 0 Å². The Bertz CT molecular complexity index is 671. The lowest BCUT2D eigenvalue weighted by atomic mass is 9.94. The second-order valence-corrected chi connectivity index (χ2v) is 7.79. The fraction of sp³-hybridized carbons (Fsp3) is 0.591. The topological polar surface area (TPSA) is 62.6 Å². The normalized spacial score (nSPS) is 16.4. The SMILES string of the molecule is CN(C[C@H](O)COc1cccc(CNCCn2cccn2)c1)C1CCCCC1. The second kappa shape index (κ2) is 11.2. The van der Waals surface area contributed by atoms with E-state index in [0.29, 0.717) is 19.2 Å². The molecule has 1 aliphatic carbocycles. The molecule has 0 amide bonds. The van der Waals surface area contributed by atoms with Gasteiger partial charge < -0.3 is 20.1 Å². The average Bonchev–Trinajstić information content (AvgIpc) is 3.24. The summed E-state index contributed by atoms with van der Waals surface area (Å²) in [5.41, 5.74) is 1.17. The smallest absolute Gasteiger partial charge is 0.119 e. The van der Waals surface area contributed by atoms with Crippen LogP contribution >= 0.6 is 0 Å². The third kappa shape index (κ3) is 6.93. The van der Waals surface area contributed by atoms with Crippen molar-refractivity contribution in [3.63, 3.8) is 0 Å². The summed E-state index contributed by atoms with van der Waals surface area (Å²) in [7, 11) is 2.12. The van der Waals surface area contributed by atoms with Gasteiger partial charge in [0.25, 0.3) is 0 Å². The zero-order valence-electron chi connectivity index (χ0n) is 17.0. The van der Waals surface area contributed by atoms with Gasteiger partial charge in [0.15, 0.2) is 0 Å². The number of rotatable bonds is 11. The molecule has 0 radical (unpaired) electrons. The molecular formula is C22H34N4O2. The van der Waals surface area contributed by atoms with Crippen LogP contribution in [0.3, 0.4) is 0 Å². The highest BCUT2D eigenvalue weighted by molar-refractivity contribution is 5.28. The first-order valence-electron chi connectivity index (χ1n) is 10.5. The van der Waals surface area contributed by atoms with Gasteiger partial charge in [-0.3, -0.25) is 4.68 Å². The van der Waals surface area contributed by atoms with E-state index in [9.17, 15) is 5.11 Å². The number of likely N-dealkylation sites (N-methyl/N-ethyl adjacent to an activating group) is 1. The highest BCUT2D eigenvalue weighted by atomic mass is 16.5. The zero-order valence-corrected chi connectivity index (χ0v) is 17.0. The van der Waals surface area contributed by atoms with E-state index < -0.39 is 6.10 Å². The Balaban J connectivity index is 1.36. The highest BCUT2D eigenvalue weighted by Crippen LogP contribution is 2.21. The first-order valence-corrected chi connectivity index (χ1v) is 10.5. The monoisotopic (exact) mass is 386 g/mol. The molecule has 1 heterocycles. The van der Waals surface area contributed by atoms with Crippen molar-refractivity contribution in [3.8, 4) is 5.75 Å². The van der Waals surface area contributed by atoms with Crippen molar-refractivity contribution in [2.75, 3.05) is 26.7 Å². The van der Waals surface area contributed by atoms with Gasteiger partial charge in [0.05, 0.1) is 6.54 Å². The van der Waals surface area contributed by atoms with Crippen LogP contribution in [0.1, 0.15) is 37.7 Å². The summed E-state index contributed by atoms with van der Waals surface area (Å²) in [6, 6.07) is 10.6. The quantitative estimate of drug-likeness (QED) is 0.582. The summed E-state index contributed by atoms with van der Waals surface area (Å²) >= 11 is 0. The minimum Gasteiger partial charge on any atom is -0.491 e. The van der Waals surface area contributed by atoms with Crippen LogP contribution in [0.2, 0.25) is 0 Å². The lowest BCUT2D eigenvalue weighted by molar-refractivity contribution is 0.0561. The molecule has 3 rings (SSSR count). The van der Waals surface area contributed by atoms with Crippen LogP contribution in [-0.2, 0) is 13.1 Å². The molecule has 0 saturated heterocycles. The van der Waals surface area contributed by atoms with Crippen molar-refractivity contribution in [3.05, 3.63) is 48.3 Å². The molecular weight excluding hydrogens is 352 g/mol. The van der Waals surface area contributed by atoms with Crippen LogP contribution in [0.25, 0.3) is 0 Å².